The van der Waals surface area contributed by atoms with E-state index in [1.165, 1.54) is 19.4 Å². The van der Waals surface area contributed by atoms with Crippen LogP contribution >= 0.6 is 0 Å². The summed E-state index contributed by atoms with van der Waals surface area (Å²) < 4.78 is 26.2. The van der Waals surface area contributed by atoms with Crippen molar-refractivity contribution in [1.82, 2.24) is 9.21 Å². The molecule has 2 heterocycles. The SMILES string of the molecule is CN1CCCC2CN(S(=O)(=O)C3CC3)CCC21. The third-order valence-corrected chi connectivity index (χ3v) is 6.98. The van der Waals surface area contributed by atoms with E-state index in [0.29, 0.717) is 12.0 Å². The van der Waals surface area contributed by atoms with Crippen LogP contribution in [0.4, 0.5) is 0 Å². The van der Waals surface area contributed by atoms with Gasteiger partial charge in [0.1, 0.15) is 0 Å². The van der Waals surface area contributed by atoms with Crippen LogP contribution in [-0.4, -0.2) is 55.6 Å². The lowest BCUT2D eigenvalue weighted by atomic mass is 9.85. The molecule has 2 aliphatic heterocycles. The molecule has 2 saturated heterocycles. The largest absolute Gasteiger partial charge is 0.303 e. The molecule has 3 fully saturated rings. The maximum atomic E-state index is 12.2. The summed E-state index contributed by atoms with van der Waals surface area (Å²) in [5.74, 6) is 0.566. The number of hydrogen-bond donors (Lipinski definition) is 0. The van der Waals surface area contributed by atoms with E-state index < -0.39 is 10.0 Å². The Balaban J connectivity index is 1.71. The molecule has 3 aliphatic rings. The molecule has 0 aromatic heterocycles. The molecule has 98 valence electrons. The number of likely N-dealkylation sites (tertiary alicyclic amines) is 1. The second kappa shape index (κ2) is 4.21. The molecule has 0 amide bonds. The zero-order chi connectivity index (χ0) is 12.0. The van der Waals surface area contributed by atoms with Gasteiger partial charge in [-0.1, -0.05) is 0 Å². The molecule has 1 saturated carbocycles. The van der Waals surface area contributed by atoms with Crippen molar-refractivity contribution in [2.75, 3.05) is 26.7 Å². The molecule has 17 heavy (non-hydrogen) atoms. The molecule has 0 N–H and O–H groups in total. The third-order valence-electron chi connectivity index (χ3n) is 4.61. The van der Waals surface area contributed by atoms with Gasteiger partial charge in [-0.25, -0.2) is 12.7 Å². The van der Waals surface area contributed by atoms with Gasteiger partial charge in [0, 0.05) is 19.1 Å². The quantitative estimate of drug-likeness (QED) is 0.739. The van der Waals surface area contributed by atoms with E-state index in [2.05, 4.69) is 11.9 Å². The number of nitrogens with zero attached hydrogens (tertiary/aromatic N) is 2. The highest BCUT2D eigenvalue weighted by Crippen LogP contribution is 2.36. The minimum Gasteiger partial charge on any atom is -0.303 e. The average molecular weight is 258 g/mol. The van der Waals surface area contributed by atoms with E-state index in [9.17, 15) is 8.42 Å². The Labute approximate surface area is 104 Å². The summed E-state index contributed by atoms with van der Waals surface area (Å²) in [5, 5.41) is -0.0413. The first-order valence-electron chi connectivity index (χ1n) is 6.78. The topological polar surface area (TPSA) is 40.6 Å². The monoisotopic (exact) mass is 258 g/mol. The zero-order valence-corrected chi connectivity index (χ0v) is 11.3. The van der Waals surface area contributed by atoms with E-state index in [1.807, 2.05) is 0 Å². The molecule has 0 aromatic carbocycles. The van der Waals surface area contributed by atoms with Crippen LogP contribution in [0.15, 0.2) is 0 Å². The van der Waals surface area contributed by atoms with Crippen LogP contribution in [0.3, 0.4) is 0 Å². The van der Waals surface area contributed by atoms with Gasteiger partial charge in [-0.05, 0) is 51.6 Å². The molecule has 0 bridgehead atoms. The fraction of sp³-hybridized carbons (Fsp3) is 1.00. The van der Waals surface area contributed by atoms with E-state index in [1.54, 1.807) is 4.31 Å². The second-order valence-electron chi connectivity index (χ2n) is 5.84. The highest BCUT2D eigenvalue weighted by molar-refractivity contribution is 7.90. The summed E-state index contributed by atoms with van der Waals surface area (Å²) in [6.07, 6.45) is 5.20. The Hall–Kier alpha value is -0.130. The molecular formula is C12H22N2O2S. The Kier molecular flexibility index (Phi) is 2.96. The van der Waals surface area contributed by atoms with Crippen LogP contribution in [0.5, 0.6) is 0 Å². The Morgan fingerprint density at radius 3 is 2.53 bits per heavy atom. The van der Waals surface area contributed by atoms with Crippen molar-refractivity contribution in [3.05, 3.63) is 0 Å². The molecule has 2 unspecified atom stereocenters. The van der Waals surface area contributed by atoms with Gasteiger partial charge in [-0.3, -0.25) is 0 Å². The molecule has 0 aromatic rings. The average Bonchev–Trinajstić information content (AvgIpc) is 3.13. The molecule has 2 atom stereocenters. The fourth-order valence-electron chi connectivity index (χ4n) is 3.43. The molecular weight excluding hydrogens is 236 g/mol. The highest BCUT2D eigenvalue weighted by atomic mass is 32.2. The zero-order valence-electron chi connectivity index (χ0n) is 10.5. The van der Waals surface area contributed by atoms with E-state index in [4.69, 9.17) is 0 Å². The number of rotatable bonds is 2. The maximum absolute atomic E-state index is 12.2. The van der Waals surface area contributed by atoms with Crippen LogP contribution in [0, 0.1) is 5.92 Å². The molecule has 3 rings (SSSR count). The summed E-state index contributed by atoms with van der Waals surface area (Å²) in [5.41, 5.74) is 0. The summed E-state index contributed by atoms with van der Waals surface area (Å²) in [6.45, 7) is 2.69. The van der Waals surface area contributed by atoms with Gasteiger partial charge in [0.05, 0.1) is 5.25 Å². The first-order valence-corrected chi connectivity index (χ1v) is 8.28. The van der Waals surface area contributed by atoms with Crippen molar-refractivity contribution in [2.45, 2.75) is 43.4 Å². The van der Waals surface area contributed by atoms with Crippen LogP contribution in [0.25, 0.3) is 0 Å². The molecule has 5 heteroatoms. The van der Waals surface area contributed by atoms with Gasteiger partial charge in [-0.15, -0.1) is 0 Å². The van der Waals surface area contributed by atoms with Gasteiger partial charge in [0.15, 0.2) is 0 Å². The summed E-state index contributed by atoms with van der Waals surface area (Å²) >= 11 is 0. The van der Waals surface area contributed by atoms with Gasteiger partial charge in [0.2, 0.25) is 10.0 Å². The normalized spacial score (nSPS) is 36.8. The van der Waals surface area contributed by atoms with E-state index in [0.717, 1.165) is 32.4 Å². The number of piperidine rings is 2. The number of hydrogen-bond acceptors (Lipinski definition) is 3. The molecule has 4 nitrogen and oxygen atoms in total. The van der Waals surface area contributed by atoms with E-state index >= 15 is 0 Å². The molecule has 0 radical (unpaired) electrons. The lowest BCUT2D eigenvalue weighted by Gasteiger charge is -2.45. The van der Waals surface area contributed by atoms with Crippen molar-refractivity contribution < 1.29 is 8.42 Å². The predicted molar refractivity (Wildman–Crippen MR) is 67.3 cm³/mol. The lowest BCUT2D eigenvalue weighted by molar-refractivity contribution is 0.0671. The fourth-order valence-corrected chi connectivity index (χ4v) is 5.34. The van der Waals surface area contributed by atoms with Gasteiger partial charge in [0.25, 0.3) is 0 Å². The van der Waals surface area contributed by atoms with Crippen LogP contribution in [0.1, 0.15) is 32.1 Å². The summed E-state index contributed by atoms with van der Waals surface area (Å²) in [6, 6.07) is 0.620. The maximum Gasteiger partial charge on any atom is 0.216 e. The smallest absolute Gasteiger partial charge is 0.216 e. The van der Waals surface area contributed by atoms with Gasteiger partial charge < -0.3 is 4.90 Å². The van der Waals surface area contributed by atoms with Gasteiger partial charge in [-0.2, -0.15) is 0 Å². The number of fused-ring (bicyclic) bond motifs is 1. The van der Waals surface area contributed by atoms with Gasteiger partial charge >= 0.3 is 0 Å². The first kappa shape index (κ1) is 11.9. The Morgan fingerprint density at radius 2 is 1.82 bits per heavy atom. The second-order valence-corrected chi connectivity index (χ2v) is 8.05. The minimum atomic E-state index is -2.94. The van der Waals surface area contributed by atoms with Crippen LogP contribution in [0.2, 0.25) is 0 Å². The summed E-state index contributed by atoms with van der Waals surface area (Å²) in [4.78, 5) is 2.43. The minimum absolute atomic E-state index is 0.0413. The van der Waals surface area contributed by atoms with Crippen molar-refractivity contribution >= 4 is 10.0 Å². The van der Waals surface area contributed by atoms with Crippen molar-refractivity contribution in [2.24, 2.45) is 5.92 Å². The lowest BCUT2D eigenvalue weighted by Crippen LogP contribution is -2.54. The van der Waals surface area contributed by atoms with Crippen molar-refractivity contribution in [1.29, 1.82) is 0 Å². The predicted octanol–water partition coefficient (Wildman–Crippen LogP) is 0.895. The van der Waals surface area contributed by atoms with Crippen molar-refractivity contribution in [3.8, 4) is 0 Å². The van der Waals surface area contributed by atoms with Crippen LogP contribution in [-0.2, 0) is 10.0 Å². The standard InChI is InChI=1S/C12H22N2O2S/c1-13-7-2-3-10-9-14(8-6-12(10)13)17(15,16)11-4-5-11/h10-12H,2-9H2,1H3. The van der Waals surface area contributed by atoms with E-state index in [-0.39, 0.29) is 5.25 Å². The Bertz CT molecular complexity index is 391. The van der Waals surface area contributed by atoms with Crippen molar-refractivity contribution in [3.63, 3.8) is 0 Å². The highest BCUT2D eigenvalue weighted by Gasteiger charge is 2.44. The first-order chi connectivity index (χ1) is 8.09. The summed E-state index contributed by atoms with van der Waals surface area (Å²) in [7, 11) is -0.760. The molecule has 1 aliphatic carbocycles. The molecule has 0 spiro atoms. The van der Waals surface area contributed by atoms with Crippen LogP contribution < -0.4 is 0 Å². The Morgan fingerprint density at radius 1 is 1.06 bits per heavy atom. The number of sulfonamides is 1. The third kappa shape index (κ3) is 2.13.